The molecule has 2 amide bonds. The fourth-order valence-electron chi connectivity index (χ4n) is 4.42. The lowest BCUT2D eigenvalue weighted by atomic mass is 9.79. The Morgan fingerprint density at radius 1 is 1.17 bits per heavy atom. The molecule has 156 valence electrons. The van der Waals surface area contributed by atoms with Crippen LogP contribution < -0.4 is 5.32 Å². The highest BCUT2D eigenvalue weighted by atomic mass is 16.2. The number of hydrogen-bond acceptors (Lipinski definition) is 3. The Morgan fingerprint density at radius 2 is 1.87 bits per heavy atom. The van der Waals surface area contributed by atoms with Crippen LogP contribution >= 0.6 is 0 Å². The van der Waals surface area contributed by atoms with Gasteiger partial charge < -0.3 is 15.6 Å². The van der Waals surface area contributed by atoms with Gasteiger partial charge in [0.25, 0.3) is 11.8 Å². The van der Waals surface area contributed by atoms with E-state index in [-0.39, 0.29) is 17.9 Å². The minimum Gasteiger partial charge on any atom is -0.355 e. The summed E-state index contributed by atoms with van der Waals surface area (Å²) in [5, 5.41) is 10.9. The van der Waals surface area contributed by atoms with Crippen molar-refractivity contribution in [2.45, 2.75) is 45.1 Å². The van der Waals surface area contributed by atoms with Gasteiger partial charge in [0.15, 0.2) is 0 Å². The summed E-state index contributed by atoms with van der Waals surface area (Å²) >= 11 is 0. The van der Waals surface area contributed by atoms with E-state index >= 15 is 0 Å². The third kappa shape index (κ3) is 3.89. The number of nitrogens with zero attached hydrogens (tertiary/aromatic N) is 1. The Labute approximate surface area is 178 Å². The van der Waals surface area contributed by atoms with Crippen molar-refractivity contribution in [1.29, 1.82) is 5.41 Å². The maximum absolute atomic E-state index is 13.1. The molecule has 0 aromatic heterocycles. The molecule has 5 nitrogen and oxygen atoms in total. The highest BCUT2D eigenvalue weighted by Crippen LogP contribution is 2.31. The zero-order valence-electron chi connectivity index (χ0n) is 17.7. The monoisotopic (exact) mass is 403 g/mol. The first-order valence-corrected chi connectivity index (χ1v) is 10.8. The summed E-state index contributed by atoms with van der Waals surface area (Å²) in [5.74, 6) is 0.417. The van der Waals surface area contributed by atoms with Gasteiger partial charge in [-0.3, -0.25) is 9.59 Å². The van der Waals surface area contributed by atoms with Crippen molar-refractivity contribution in [3.63, 3.8) is 0 Å². The van der Waals surface area contributed by atoms with Crippen molar-refractivity contribution in [3.05, 3.63) is 59.2 Å². The van der Waals surface area contributed by atoms with Gasteiger partial charge in [-0.25, -0.2) is 0 Å². The van der Waals surface area contributed by atoms with E-state index in [0.717, 1.165) is 47.2 Å². The molecule has 4 rings (SSSR count). The van der Waals surface area contributed by atoms with Gasteiger partial charge in [0.05, 0.1) is 0 Å². The molecule has 2 aromatic carbocycles. The quantitative estimate of drug-likeness (QED) is 0.706. The first-order valence-electron chi connectivity index (χ1n) is 10.8. The number of nitrogens with one attached hydrogen (secondary N) is 2. The molecule has 1 fully saturated rings. The lowest BCUT2D eigenvalue weighted by Gasteiger charge is -2.36. The maximum atomic E-state index is 13.1. The van der Waals surface area contributed by atoms with Crippen molar-refractivity contribution >= 4 is 17.5 Å². The molecule has 5 heteroatoms. The van der Waals surface area contributed by atoms with Crippen molar-refractivity contribution in [1.82, 2.24) is 10.2 Å². The van der Waals surface area contributed by atoms with Crippen LogP contribution in [0, 0.1) is 11.3 Å². The molecule has 1 aliphatic heterocycles. The number of carbonyl (C=O) groups is 2. The number of hydrogen-bond donors (Lipinski definition) is 2. The molecule has 0 unspecified atom stereocenters. The van der Waals surface area contributed by atoms with Crippen molar-refractivity contribution in [3.8, 4) is 11.1 Å². The summed E-state index contributed by atoms with van der Waals surface area (Å²) in [7, 11) is 1.62. The fourth-order valence-corrected chi connectivity index (χ4v) is 4.42. The molecule has 2 aromatic rings. The summed E-state index contributed by atoms with van der Waals surface area (Å²) in [6.45, 7) is 2.77. The zero-order valence-corrected chi connectivity index (χ0v) is 17.7. The number of amides is 2. The second kappa shape index (κ2) is 8.42. The third-order valence-electron chi connectivity index (χ3n) is 6.57. The number of carbonyl (C=O) groups excluding carboxylic acids is 2. The van der Waals surface area contributed by atoms with E-state index in [4.69, 9.17) is 5.41 Å². The second-order valence-electron chi connectivity index (χ2n) is 8.48. The SMILES string of the molecule is CNC(=O)c1ccc(-c2ccc3c(c2)CCN([C@H](C)CC(=N)C2CCC2)C3=O)cc1. The summed E-state index contributed by atoms with van der Waals surface area (Å²) in [5.41, 5.74) is 5.37. The highest BCUT2D eigenvalue weighted by molar-refractivity contribution is 5.98. The molecule has 1 atom stereocenters. The molecule has 0 bridgehead atoms. The molecule has 2 aliphatic rings. The number of benzene rings is 2. The maximum Gasteiger partial charge on any atom is 0.254 e. The Balaban J connectivity index is 1.48. The molecule has 0 radical (unpaired) electrons. The molecule has 0 saturated heterocycles. The van der Waals surface area contributed by atoms with Crippen LogP contribution in [0.2, 0.25) is 0 Å². The average molecular weight is 404 g/mol. The fraction of sp³-hybridized carbons (Fsp3) is 0.400. The summed E-state index contributed by atoms with van der Waals surface area (Å²) in [4.78, 5) is 26.8. The summed E-state index contributed by atoms with van der Waals surface area (Å²) in [6, 6.07) is 13.6. The minimum absolute atomic E-state index is 0.0654. The summed E-state index contributed by atoms with van der Waals surface area (Å²) in [6.07, 6.45) is 5.01. The lowest BCUT2D eigenvalue weighted by Crippen LogP contribution is -2.44. The van der Waals surface area contributed by atoms with Crippen LogP contribution in [0.3, 0.4) is 0 Å². The molecule has 2 N–H and O–H groups in total. The van der Waals surface area contributed by atoms with Gasteiger partial charge in [0.2, 0.25) is 0 Å². The molecule has 30 heavy (non-hydrogen) atoms. The molecule has 0 spiro atoms. The standard InChI is InChI=1S/C25H29N3O2/c1-16(14-23(26)18-4-3-5-18)28-13-12-21-15-20(10-11-22(21)25(28)30)17-6-8-19(9-7-17)24(29)27-2/h6-11,15-16,18,26H,3-5,12-14H2,1-2H3,(H,27,29)/t16-/m1/s1. The van der Waals surface area contributed by atoms with Crippen molar-refractivity contribution < 1.29 is 9.59 Å². The Hall–Kier alpha value is -2.95. The van der Waals surface area contributed by atoms with E-state index in [9.17, 15) is 9.59 Å². The predicted molar refractivity (Wildman–Crippen MR) is 119 cm³/mol. The lowest BCUT2D eigenvalue weighted by molar-refractivity contribution is 0.0678. The molecule has 1 saturated carbocycles. The number of rotatable bonds is 6. The van der Waals surface area contributed by atoms with E-state index < -0.39 is 0 Å². The van der Waals surface area contributed by atoms with Gasteiger partial charge in [-0.15, -0.1) is 0 Å². The van der Waals surface area contributed by atoms with Gasteiger partial charge in [0.1, 0.15) is 0 Å². The Morgan fingerprint density at radius 3 is 2.50 bits per heavy atom. The van der Waals surface area contributed by atoms with E-state index in [1.54, 1.807) is 7.05 Å². The predicted octanol–water partition coefficient (Wildman–Crippen LogP) is 4.31. The second-order valence-corrected chi connectivity index (χ2v) is 8.48. The van der Waals surface area contributed by atoms with Crippen LogP contribution in [-0.2, 0) is 6.42 Å². The van der Waals surface area contributed by atoms with Crippen molar-refractivity contribution in [2.24, 2.45) is 5.92 Å². The number of fused-ring (bicyclic) bond motifs is 1. The molecule has 1 heterocycles. The first-order chi connectivity index (χ1) is 14.5. The largest absolute Gasteiger partial charge is 0.355 e. The zero-order chi connectivity index (χ0) is 21.3. The van der Waals surface area contributed by atoms with Gasteiger partial charge in [-0.1, -0.05) is 30.7 Å². The minimum atomic E-state index is -0.0998. The van der Waals surface area contributed by atoms with E-state index in [2.05, 4.69) is 18.3 Å². The summed E-state index contributed by atoms with van der Waals surface area (Å²) < 4.78 is 0. The van der Waals surface area contributed by atoms with E-state index in [1.807, 2.05) is 41.3 Å². The average Bonchev–Trinajstić information content (AvgIpc) is 2.71. The third-order valence-corrected chi connectivity index (χ3v) is 6.57. The van der Waals surface area contributed by atoms with Crippen LogP contribution in [0.1, 0.15) is 58.9 Å². The smallest absolute Gasteiger partial charge is 0.254 e. The van der Waals surface area contributed by atoms with Crippen molar-refractivity contribution in [2.75, 3.05) is 13.6 Å². The molecular formula is C25H29N3O2. The van der Waals surface area contributed by atoms with Gasteiger partial charge in [-0.2, -0.15) is 0 Å². The Bertz CT molecular complexity index is 976. The van der Waals surface area contributed by atoms with Crippen LogP contribution in [0.15, 0.2) is 42.5 Å². The first kappa shape index (κ1) is 20.3. The topological polar surface area (TPSA) is 73.3 Å². The van der Waals surface area contributed by atoms with E-state index in [0.29, 0.717) is 24.4 Å². The van der Waals surface area contributed by atoms with Gasteiger partial charge in [0, 0.05) is 42.9 Å². The van der Waals surface area contributed by atoms with Gasteiger partial charge in [-0.05, 0) is 67.0 Å². The molecule has 1 aliphatic carbocycles. The van der Waals surface area contributed by atoms with Crippen LogP contribution in [-0.4, -0.2) is 42.1 Å². The molecular weight excluding hydrogens is 374 g/mol. The Kier molecular flexibility index (Phi) is 5.71. The van der Waals surface area contributed by atoms with Crippen LogP contribution in [0.5, 0.6) is 0 Å². The normalized spacial score (nSPS) is 17.1. The van der Waals surface area contributed by atoms with E-state index in [1.165, 1.54) is 6.42 Å². The van der Waals surface area contributed by atoms with Gasteiger partial charge >= 0.3 is 0 Å². The highest BCUT2D eigenvalue weighted by Gasteiger charge is 2.30. The van der Waals surface area contributed by atoms with Crippen LogP contribution in [0.25, 0.3) is 11.1 Å². The van der Waals surface area contributed by atoms with Crippen LogP contribution in [0.4, 0.5) is 0 Å².